The first kappa shape index (κ1) is 15.9. The Morgan fingerprint density at radius 1 is 0.938 bits per heavy atom. The maximum Gasteiger partial charge on any atom is 0.0675 e. The van der Waals surface area contributed by atoms with E-state index in [1.165, 1.54) is 12.8 Å². The Bertz CT molecular complexity index is 155. The van der Waals surface area contributed by atoms with Crippen LogP contribution in [-0.4, -0.2) is 24.8 Å². The van der Waals surface area contributed by atoms with Crippen LogP contribution in [0, 0.1) is 5.92 Å². The van der Waals surface area contributed by atoms with Crippen molar-refractivity contribution in [3.8, 4) is 0 Å². The minimum absolute atomic E-state index is 0.314. The molecule has 98 valence electrons. The summed E-state index contributed by atoms with van der Waals surface area (Å²) in [6.45, 7) is 14.2. The van der Waals surface area contributed by atoms with Gasteiger partial charge in [-0.25, -0.2) is 0 Å². The van der Waals surface area contributed by atoms with Crippen molar-refractivity contribution < 1.29 is 4.74 Å². The van der Waals surface area contributed by atoms with Gasteiger partial charge in [-0.3, -0.25) is 0 Å². The lowest BCUT2D eigenvalue weighted by molar-refractivity contribution is -0.00235. The molecule has 0 aromatic carbocycles. The molecule has 0 heterocycles. The molecule has 0 radical (unpaired) electrons. The Balaban J connectivity index is 3.68. The highest BCUT2D eigenvalue weighted by atomic mass is 16.5. The molecule has 2 heteroatoms. The van der Waals surface area contributed by atoms with Gasteiger partial charge in [-0.2, -0.15) is 0 Å². The second-order valence-corrected chi connectivity index (χ2v) is 5.31. The predicted octanol–water partition coefficient (Wildman–Crippen LogP) is 3.60. The largest absolute Gasteiger partial charge is 0.374 e. The summed E-state index contributed by atoms with van der Waals surface area (Å²) in [4.78, 5) is 0. The van der Waals surface area contributed by atoms with Crippen molar-refractivity contribution in [2.45, 2.75) is 79.1 Å². The van der Waals surface area contributed by atoms with Crippen molar-refractivity contribution >= 4 is 0 Å². The Hall–Kier alpha value is -0.0800. The number of hydrogen-bond acceptors (Lipinski definition) is 2. The highest BCUT2D eigenvalue weighted by molar-refractivity contribution is 4.66. The van der Waals surface area contributed by atoms with Crippen molar-refractivity contribution in [2.24, 2.45) is 5.92 Å². The van der Waals surface area contributed by atoms with E-state index >= 15 is 0 Å². The van der Waals surface area contributed by atoms with E-state index < -0.39 is 0 Å². The van der Waals surface area contributed by atoms with E-state index in [-0.39, 0.29) is 0 Å². The molecular formula is C14H31NO. The third kappa shape index (κ3) is 8.12. The van der Waals surface area contributed by atoms with Gasteiger partial charge in [-0.1, -0.05) is 27.7 Å². The molecular weight excluding hydrogens is 198 g/mol. The van der Waals surface area contributed by atoms with E-state index in [0.717, 1.165) is 13.0 Å². The van der Waals surface area contributed by atoms with E-state index in [1.807, 2.05) is 0 Å². The third-order valence-electron chi connectivity index (χ3n) is 2.95. The number of rotatable bonds is 9. The molecule has 0 spiro atoms. The van der Waals surface area contributed by atoms with Crippen LogP contribution in [0.5, 0.6) is 0 Å². The van der Waals surface area contributed by atoms with Gasteiger partial charge in [-0.05, 0) is 39.0 Å². The molecule has 0 saturated heterocycles. The summed E-state index contributed by atoms with van der Waals surface area (Å²) in [6, 6.07) is 0.645. The van der Waals surface area contributed by atoms with Gasteiger partial charge in [0.05, 0.1) is 12.2 Å². The van der Waals surface area contributed by atoms with Crippen LogP contribution in [0.1, 0.15) is 60.8 Å². The zero-order chi connectivity index (χ0) is 12.6. The highest BCUT2D eigenvalue weighted by Crippen LogP contribution is 2.09. The zero-order valence-corrected chi connectivity index (χ0v) is 12.0. The lowest BCUT2D eigenvalue weighted by Crippen LogP contribution is -2.36. The van der Waals surface area contributed by atoms with Gasteiger partial charge in [0.2, 0.25) is 0 Å². The van der Waals surface area contributed by atoms with Crippen molar-refractivity contribution in [3.05, 3.63) is 0 Å². The summed E-state index contributed by atoms with van der Waals surface area (Å²) in [5.41, 5.74) is 0. The molecule has 0 amide bonds. The molecule has 0 aromatic rings. The molecule has 1 N–H and O–H groups in total. The molecule has 0 aliphatic rings. The first-order valence-corrected chi connectivity index (χ1v) is 6.88. The van der Waals surface area contributed by atoms with Gasteiger partial charge in [0.25, 0.3) is 0 Å². The van der Waals surface area contributed by atoms with Crippen molar-refractivity contribution in [2.75, 3.05) is 6.54 Å². The number of ether oxygens (including phenoxy) is 1. The molecule has 2 unspecified atom stereocenters. The van der Waals surface area contributed by atoms with E-state index in [2.05, 4.69) is 46.9 Å². The maximum absolute atomic E-state index is 5.94. The summed E-state index contributed by atoms with van der Waals surface area (Å²) < 4.78 is 5.94. The minimum Gasteiger partial charge on any atom is -0.374 e. The zero-order valence-electron chi connectivity index (χ0n) is 12.0. The molecule has 2 nitrogen and oxygen atoms in total. The van der Waals surface area contributed by atoms with E-state index in [0.29, 0.717) is 24.2 Å². The van der Waals surface area contributed by atoms with Gasteiger partial charge >= 0.3 is 0 Å². The van der Waals surface area contributed by atoms with Gasteiger partial charge in [0.15, 0.2) is 0 Å². The fraction of sp³-hybridized carbons (Fsp3) is 1.00. The normalized spacial score (nSPS) is 15.8. The van der Waals surface area contributed by atoms with Crippen LogP contribution < -0.4 is 5.32 Å². The molecule has 2 atom stereocenters. The SMILES string of the molecule is CCC(CC)NCC(C)OC(C)CC(C)C. The molecule has 0 saturated carbocycles. The monoisotopic (exact) mass is 229 g/mol. The Kier molecular flexibility index (Phi) is 8.96. The molecule has 0 aromatic heterocycles. The van der Waals surface area contributed by atoms with Crippen LogP contribution in [-0.2, 0) is 4.74 Å². The van der Waals surface area contributed by atoms with E-state index in [4.69, 9.17) is 4.74 Å². The molecule has 0 rings (SSSR count). The van der Waals surface area contributed by atoms with Crippen molar-refractivity contribution in [1.29, 1.82) is 0 Å². The lowest BCUT2D eigenvalue weighted by Gasteiger charge is -2.23. The Morgan fingerprint density at radius 3 is 1.94 bits per heavy atom. The number of hydrogen-bond donors (Lipinski definition) is 1. The van der Waals surface area contributed by atoms with Crippen LogP contribution in [0.25, 0.3) is 0 Å². The lowest BCUT2D eigenvalue weighted by atomic mass is 10.1. The molecule has 0 aliphatic carbocycles. The Morgan fingerprint density at radius 2 is 1.50 bits per heavy atom. The topological polar surface area (TPSA) is 21.3 Å². The standard InChI is InChI=1S/C14H31NO/c1-7-14(8-2)15-10-13(6)16-12(5)9-11(3)4/h11-15H,7-10H2,1-6H3. The molecule has 0 fully saturated rings. The maximum atomic E-state index is 5.94. The second kappa shape index (κ2) is 9.00. The average Bonchev–Trinajstić information content (AvgIpc) is 2.17. The van der Waals surface area contributed by atoms with E-state index in [9.17, 15) is 0 Å². The summed E-state index contributed by atoms with van der Waals surface area (Å²) in [6.07, 6.45) is 4.23. The number of nitrogens with one attached hydrogen (secondary N) is 1. The van der Waals surface area contributed by atoms with Crippen molar-refractivity contribution in [1.82, 2.24) is 5.32 Å². The van der Waals surface area contributed by atoms with E-state index in [1.54, 1.807) is 0 Å². The predicted molar refractivity (Wildman–Crippen MR) is 71.8 cm³/mol. The van der Waals surface area contributed by atoms with Crippen LogP contribution in [0.2, 0.25) is 0 Å². The smallest absolute Gasteiger partial charge is 0.0675 e. The first-order chi connectivity index (χ1) is 7.49. The highest BCUT2D eigenvalue weighted by Gasteiger charge is 2.11. The summed E-state index contributed by atoms with van der Waals surface area (Å²) >= 11 is 0. The molecule has 16 heavy (non-hydrogen) atoms. The molecule has 0 bridgehead atoms. The third-order valence-corrected chi connectivity index (χ3v) is 2.95. The van der Waals surface area contributed by atoms with Gasteiger partial charge in [0, 0.05) is 12.6 Å². The average molecular weight is 229 g/mol. The quantitative estimate of drug-likeness (QED) is 0.652. The fourth-order valence-electron chi connectivity index (χ4n) is 2.07. The summed E-state index contributed by atoms with van der Waals surface area (Å²) in [7, 11) is 0. The van der Waals surface area contributed by atoms with Crippen LogP contribution in [0.15, 0.2) is 0 Å². The minimum atomic E-state index is 0.314. The fourth-order valence-corrected chi connectivity index (χ4v) is 2.07. The molecule has 0 aliphatic heterocycles. The summed E-state index contributed by atoms with van der Waals surface area (Å²) in [5, 5.41) is 3.55. The van der Waals surface area contributed by atoms with Gasteiger partial charge in [0.1, 0.15) is 0 Å². The Labute approximate surface area is 102 Å². The van der Waals surface area contributed by atoms with Gasteiger partial charge < -0.3 is 10.1 Å². The van der Waals surface area contributed by atoms with Crippen LogP contribution in [0.3, 0.4) is 0 Å². The summed E-state index contributed by atoms with van der Waals surface area (Å²) in [5.74, 6) is 0.717. The van der Waals surface area contributed by atoms with Crippen molar-refractivity contribution in [3.63, 3.8) is 0 Å². The van der Waals surface area contributed by atoms with Gasteiger partial charge in [-0.15, -0.1) is 0 Å². The first-order valence-electron chi connectivity index (χ1n) is 6.88. The second-order valence-electron chi connectivity index (χ2n) is 5.31. The van der Waals surface area contributed by atoms with Crippen LogP contribution >= 0.6 is 0 Å². The van der Waals surface area contributed by atoms with Crippen LogP contribution in [0.4, 0.5) is 0 Å².